The van der Waals surface area contributed by atoms with Crippen molar-refractivity contribution in [1.82, 2.24) is 15.5 Å². The number of benzene rings is 1. The van der Waals surface area contributed by atoms with E-state index in [2.05, 4.69) is 40.7 Å². The van der Waals surface area contributed by atoms with Crippen molar-refractivity contribution in [3.05, 3.63) is 35.4 Å². The average Bonchev–Trinajstić information content (AvgIpc) is 3.12. The van der Waals surface area contributed by atoms with Crippen LogP contribution in [-0.2, 0) is 17.8 Å². The van der Waals surface area contributed by atoms with Gasteiger partial charge in [0.1, 0.15) is 6.54 Å². The van der Waals surface area contributed by atoms with E-state index in [1.807, 2.05) is 11.0 Å². The van der Waals surface area contributed by atoms with Gasteiger partial charge in [-0.05, 0) is 37.3 Å². The van der Waals surface area contributed by atoms with Gasteiger partial charge in [0.15, 0.2) is 5.96 Å². The molecule has 1 heterocycles. The van der Waals surface area contributed by atoms with Crippen LogP contribution in [0.2, 0.25) is 0 Å². The smallest absolute Gasteiger partial charge is 0.244 e. The summed E-state index contributed by atoms with van der Waals surface area (Å²) in [6, 6.07) is 8.88. The van der Waals surface area contributed by atoms with Crippen LogP contribution in [0, 0.1) is 0 Å². The molecular formula is C19H29IN4O. The number of amides is 1. The standard InChI is InChI=1S/C19H28N4O.HI/c1-2-20-19(22-17-9-5-6-10-17)21-13-18(24)23-12-11-15-7-3-4-8-16(15)14-23;/h3-4,7-8,17H,2,5-6,9-14H2,1H3,(H2,20,21,22);1H. The summed E-state index contributed by atoms with van der Waals surface area (Å²) in [7, 11) is 0. The lowest BCUT2D eigenvalue weighted by Gasteiger charge is -2.28. The van der Waals surface area contributed by atoms with Gasteiger partial charge in [-0.2, -0.15) is 0 Å². The summed E-state index contributed by atoms with van der Waals surface area (Å²) in [6.45, 7) is 4.57. The number of rotatable bonds is 4. The van der Waals surface area contributed by atoms with E-state index in [-0.39, 0.29) is 36.4 Å². The van der Waals surface area contributed by atoms with Crippen LogP contribution in [-0.4, -0.2) is 42.4 Å². The Balaban J connectivity index is 0.00000225. The van der Waals surface area contributed by atoms with Gasteiger partial charge in [0.25, 0.3) is 0 Å². The molecule has 138 valence electrons. The van der Waals surface area contributed by atoms with Crippen LogP contribution in [0.1, 0.15) is 43.7 Å². The summed E-state index contributed by atoms with van der Waals surface area (Å²) in [6.07, 6.45) is 5.89. The van der Waals surface area contributed by atoms with Crippen LogP contribution in [0.4, 0.5) is 0 Å². The summed E-state index contributed by atoms with van der Waals surface area (Å²) in [5.74, 6) is 0.878. The number of aliphatic imine (C=N–C) groups is 1. The number of fused-ring (bicyclic) bond motifs is 1. The van der Waals surface area contributed by atoms with Gasteiger partial charge in [-0.25, -0.2) is 4.99 Å². The molecule has 6 heteroatoms. The van der Waals surface area contributed by atoms with Crippen molar-refractivity contribution in [2.75, 3.05) is 19.6 Å². The van der Waals surface area contributed by atoms with Crippen molar-refractivity contribution < 1.29 is 4.79 Å². The predicted molar refractivity (Wildman–Crippen MR) is 112 cm³/mol. The third kappa shape index (κ3) is 5.59. The highest BCUT2D eigenvalue weighted by Gasteiger charge is 2.20. The summed E-state index contributed by atoms with van der Waals surface area (Å²) in [4.78, 5) is 18.9. The van der Waals surface area contributed by atoms with E-state index in [1.54, 1.807) is 0 Å². The second-order valence-electron chi connectivity index (χ2n) is 6.65. The minimum absolute atomic E-state index is 0. The number of carbonyl (C=O) groups is 1. The Morgan fingerprint density at radius 3 is 2.68 bits per heavy atom. The number of carbonyl (C=O) groups excluding carboxylic acids is 1. The second kappa shape index (κ2) is 9.99. The molecule has 0 unspecified atom stereocenters. The Morgan fingerprint density at radius 2 is 1.96 bits per heavy atom. The predicted octanol–water partition coefficient (Wildman–Crippen LogP) is 2.69. The van der Waals surface area contributed by atoms with Crippen LogP contribution in [0.5, 0.6) is 0 Å². The Kier molecular flexibility index (Phi) is 7.99. The lowest BCUT2D eigenvalue weighted by Crippen LogP contribution is -2.43. The molecule has 1 aliphatic heterocycles. The van der Waals surface area contributed by atoms with E-state index in [4.69, 9.17) is 0 Å². The first kappa shape index (κ1) is 20.0. The molecule has 0 bridgehead atoms. The number of hydrogen-bond donors (Lipinski definition) is 2. The van der Waals surface area contributed by atoms with Crippen molar-refractivity contribution in [2.24, 2.45) is 4.99 Å². The van der Waals surface area contributed by atoms with Crippen molar-refractivity contribution in [3.63, 3.8) is 0 Å². The van der Waals surface area contributed by atoms with Gasteiger partial charge in [0.05, 0.1) is 0 Å². The molecule has 1 aromatic rings. The fraction of sp³-hybridized carbons (Fsp3) is 0.579. The maximum atomic E-state index is 12.5. The third-order valence-corrected chi connectivity index (χ3v) is 4.90. The lowest BCUT2D eigenvalue weighted by atomic mass is 10.00. The van der Waals surface area contributed by atoms with Gasteiger partial charge in [-0.3, -0.25) is 4.79 Å². The molecule has 0 aromatic heterocycles. The van der Waals surface area contributed by atoms with Gasteiger partial charge in [0, 0.05) is 25.7 Å². The summed E-state index contributed by atoms with van der Waals surface area (Å²) >= 11 is 0. The Labute approximate surface area is 167 Å². The first-order valence-electron chi connectivity index (χ1n) is 9.15. The summed E-state index contributed by atoms with van der Waals surface area (Å²) in [5, 5.41) is 6.71. The number of nitrogens with one attached hydrogen (secondary N) is 2. The van der Waals surface area contributed by atoms with Crippen molar-refractivity contribution in [3.8, 4) is 0 Å². The quantitative estimate of drug-likeness (QED) is 0.416. The van der Waals surface area contributed by atoms with Crippen LogP contribution in [0.15, 0.2) is 29.3 Å². The molecule has 1 amide bonds. The van der Waals surface area contributed by atoms with E-state index >= 15 is 0 Å². The average molecular weight is 456 g/mol. The van der Waals surface area contributed by atoms with Crippen molar-refractivity contribution >= 4 is 35.8 Å². The number of nitrogens with zero attached hydrogens (tertiary/aromatic N) is 2. The molecule has 1 aliphatic carbocycles. The topological polar surface area (TPSA) is 56.7 Å². The van der Waals surface area contributed by atoms with E-state index in [9.17, 15) is 4.79 Å². The van der Waals surface area contributed by atoms with Gasteiger partial charge < -0.3 is 15.5 Å². The molecule has 3 rings (SSSR count). The molecule has 25 heavy (non-hydrogen) atoms. The molecule has 0 spiro atoms. The van der Waals surface area contributed by atoms with E-state index in [1.165, 1.54) is 36.8 Å². The fourth-order valence-corrected chi connectivity index (χ4v) is 3.54. The molecular weight excluding hydrogens is 427 g/mol. The van der Waals surface area contributed by atoms with Gasteiger partial charge >= 0.3 is 0 Å². The molecule has 1 aromatic carbocycles. The zero-order valence-corrected chi connectivity index (χ0v) is 17.3. The third-order valence-electron chi connectivity index (χ3n) is 4.90. The van der Waals surface area contributed by atoms with Crippen molar-refractivity contribution in [1.29, 1.82) is 0 Å². The molecule has 1 fully saturated rings. The first-order valence-corrected chi connectivity index (χ1v) is 9.15. The first-order chi connectivity index (χ1) is 11.8. The maximum Gasteiger partial charge on any atom is 0.244 e. The Bertz CT molecular complexity index is 599. The largest absolute Gasteiger partial charge is 0.357 e. The lowest BCUT2D eigenvalue weighted by molar-refractivity contribution is -0.130. The van der Waals surface area contributed by atoms with Gasteiger partial charge in [-0.1, -0.05) is 37.1 Å². The highest BCUT2D eigenvalue weighted by Crippen LogP contribution is 2.19. The molecule has 0 radical (unpaired) electrons. The van der Waals surface area contributed by atoms with Crippen LogP contribution < -0.4 is 10.6 Å². The molecule has 2 aliphatic rings. The maximum absolute atomic E-state index is 12.5. The van der Waals surface area contributed by atoms with Gasteiger partial charge in [0.2, 0.25) is 5.91 Å². The monoisotopic (exact) mass is 456 g/mol. The summed E-state index contributed by atoms with van der Waals surface area (Å²) in [5.41, 5.74) is 2.62. The number of halogens is 1. The van der Waals surface area contributed by atoms with Crippen LogP contribution >= 0.6 is 24.0 Å². The minimum atomic E-state index is 0. The van der Waals surface area contributed by atoms with E-state index in [0.717, 1.165) is 25.5 Å². The van der Waals surface area contributed by atoms with Crippen LogP contribution in [0.3, 0.4) is 0 Å². The Morgan fingerprint density at radius 1 is 1.24 bits per heavy atom. The molecule has 1 saturated carbocycles. The molecule has 2 N–H and O–H groups in total. The number of hydrogen-bond acceptors (Lipinski definition) is 2. The molecule has 5 nitrogen and oxygen atoms in total. The fourth-order valence-electron chi connectivity index (χ4n) is 3.54. The van der Waals surface area contributed by atoms with E-state index in [0.29, 0.717) is 12.6 Å². The number of guanidine groups is 1. The summed E-state index contributed by atoms with van der Waals surface area (Å²) < 4.78 is 0. The molecule has 0 atom stereocenters. The Hall–Kier alpha value is -1.31. The molecule has 0 saturated heterocycles. The zero-order valence-electron chi connectivity index (χ0n) is 15.0. The second-order valence-corrected chi connectivity index (χ2v) is 6.65. The zero-order chi connectivity index (χ0) is 16.8. The minimum Gasteiger partial charge on any atom is -0.357 e. The normalized spacial score (nSPS) is 17.6. The highest BCUT2D eigenvalue weighted by molar-refractivity contribution is 14.0. The van der Waals surface area contributed by atoms with Crippen molar-refractivity contribution in [2.45, 2.75) is 51.6 Å². The van der Waals surface area contributed by atoms with Gasteiger partial charge in [-0.15, -0.1) is 24.0 Å². The van der Waals surface area contributed by atoms with E-state index < -0.39 is 0 Å². The highest BCUT2D eigenvalue weighted by atomic mass is 127. The SMILES string of the molecule is CCNC(=NCC(=O)N1CCc2ccccc2C1)NC1CCCC1.I. The van der Waals surface area contributed by atoms with Crippen LogP contribution in [0.25, 0.3) is 0 Å².